The van der Waals surface area contributed by atoms with E-state index in [1.54, 1.807) is 0 Å². The lowest BCUT2D eigenvalue weighted by Gasteiger charge is -2.13. The number of carbonyl (C=O) groups is 1. The van der Waals surface area contributed by atoms with E-state index in [1.807, 2.05) is 0 Å². The topological polar surface area (TPSA) is 39.1 Å². The maximum absolute atomic E-state index is 13.6. The highest BCUT2D eigenvalue weighted by molar-refractivity contribution is 6.35. The Morgan fingerprint density at radius 2 is 2.05 bits per heavy atom. The van der Waals surface area contributed by atoms with E-state index in [0.29, 0.717) is 12.4 Å². The van der Waals surface area contributed by atoms with Gasteiger partial charge in [-0.15, -0.1) is 0 Å². The SMILES string of the molecule is O=Cc1cn(C2C[C@@H]2F)c2c(Cl)c(F)c(F)cc2c1=O. The van der Waals surface area contributed by atoms with Crippen LogP contribution in [-0.2, 0) is 0 Å². The average molecular weight is 302 g/mol. The lowest BCUT2D eigenvalue weighted by atomic mass is 10.1. The first-order valence-electron chi connectivity index (χ1n) is 5.77. The molecule has 0 bridgehead atoms. The molecule has 1 aromatic carbocycles. The molecular weight excluding hydrogens is 295 g/mol. The van der Waals surface area contributed by atoms with Crippen LogP contribution in [0.3, 0.4) is 0 Å². The van der Waals surface area contributed by atoms with E-state index in [2.05, 4.69) is 0 Å². The number of halogens is 4. The number of carbonyl (C=O) groups excluding carboxylic acids is 1. The Morgan fingerprint density at radius 3 is 2.60 bits per heavy atom. The molecule has 1 aromatic heterocycles. The molecule has 104 valence electrons. The molecule has 20 heavy (non-hydrogen) atoms. The molecule has 3 nitrogen and oxygen atoms in total. The molecule has 0 N–H and O–H groups in total. The van der Waals surface area contributed by atoms with Crippen LogP contribution in [0.2, 0.25) is 5.02 Å². The van der Waals surface area contributed by atoms with Crippen molar-refractivity contribution in [2.45, 2.75) is 18.6 Å². The summed E-state index contributed by atoms with van der Waals surface area (Å²) in [5, 5.41) is -0.828. The number of nitrogens with zero attached hydrogens (tertiary/aromatic N) is 1. The van der Waals surface area contributed by atoms with Gasteiger partial charge < -0.3 is 4.57 Å². The fourth-order valence-electron chi connectivity index (χ4n) is 2.22. The van der Waals surface area contributed by atoms with Gasteiger partial charge in [0.15, 0.2) is 23.3 Å². The van der Waals surface area contributed by atoms with Crippen molar-refractivity contribution in [2.24, 2.45) is 0 Å². The van der Waals surface area contributed by atoms with Crippen LogP contribution >= 0.6 is 11.6 Å². The highest BCUT2D eigenvalue weighted by Crippen LogP contribution is 2.42. The molecule has 3 rings (SSSR count). The number of hydrogen-bond acceptors (Lipinski definition) is 2. The summed E-state index contributed by atoms with van der Waals surface area (Å²) in [5.41, 5.74) is -1.10. The van der Waals surface area contributed by atoms with Gasteiger partial charge in [0.1, 0.15) is 11.2 Å². The number of alkyl halides is 1. The summed E-state index contributed by atoms with van der Waals surface area (Å²) in [4.78, 5) is 22.8. The quantitative estimate of drug-likeness (QED) is 0.632. The van der Waals surface area contributed by atoms with E-state index in [9.17, 15) is 22.8 Å². The van der Waals surface area contributed by atoms with E-state index in [-0.39, 0.29) is 22.9 Å². The summed E-state index contributed by atoms with van der Waals surface area (Å²) in [6.07, 6.45) is 0.434. The fourth-order valence-corrected chi connectivity index (χ4v) is 2.51. The largest absolute Gasteiger partial charge is 0.339 e. The molecule has 1 heterocycles. The summed E-state index contributed by atoms with van der Waals surface area (Å²) < 4.78 is 41.4. The van der Waals surface area contributed by atoms with E-state index >= 15 is 0 Å². The van der Waals surface area contributed by atoms with Crippen molar-refractivity contribution < 1.29 is 18.0 Å². The first-order valence-corrected chi connectivity index (χ1v) is 6.15. The van der Waals surface area contributed by atoms with E-state index in [1.165, 1.54) is 4.57 Å². The third kappa shape index (κ3) is 1.75. The molecule has 0 aliphatic heterocycles. The zero-order valence-electron chi connectivity index (χ0n) is 9.87. The number of rotatable bonds is 2. The Balaban J connectivity index is 2.49. The number of pyridine rings is 1. The van der Waals surface area contributed by atoms with Crippen molar-refractivity contribution >= 4 is 28.8 Å². The first kappa shape index (κ1) is 13.2. The summed E-state index contributed by atoms with van der Waals surface area (Å²) in [6, 6.07) is 0.0528. The third-order valence-corrected chi connectivity index (χ3v) is 3.69. The number of aromatic nitrogens is 1. The Hall–Kier alpha value is -1.82. The van der Waals surface area contributed by atoms with Gasteiger partial charge in [-0.3, -0.25) is 9.59 Å². The van der Waals surface area contributed by atoms with Crippen molar-refractivity contribution in [2.75, 3.05) is 0 Å². The third-order valence-electron chi connectivity index (χ3n) is 3.34. The van der Waals surface area contributed by atoms with Crippen molar-refractivity contribution in [3.8, 4) is 0 Å². The van der Waals surface area contributed by atoms with Gasteiger partial charge >= 0.3 is 0 Å². The molecule has 1 saturated carbocycles. The smallest absolute Gasteiger partial charge is 0.200 e. The molecule has 1 aliphatic rings. The number of fused-ring (bicyclic) bond motifs is 1. The molecule has 2 atom stereocenters. The van der Waals surface area contributed by atoms with Gasteiger partial charge in [0.25, 0.3) is 0 Å². The normalized spacial score (nSPS) is 21.2. The van der Waals surface area contributed by atoms with Crippen LogP contribution in [-0.4, -0.2) is 17.0 Å². The van der Waals surface area contributed by atoms with Crippen LogP contribution in [0.15, 0.2) is 17.1 Å². The summed E-state index contributed by atoms with van der Waals surface area (Å²) in [7, 11) is 0. The second-order valence-corrected chi connectivity index (χ2v) is 5.02. The van der Waals surface area contributed by atoms with Crippen LogP contribution in [0.25, 0.3) is 10.9 Å². The van der Waals surface area contributed by atoms with E-state index in [0.717, 1.165) is 6.20 Å². The molecule has 0 saturated heterocycles. The predicted octanol–water partition coefficient (Wildman–Crippen LogP) is 3.03. The van der Waals surface area contributed by atoms with E-state index in [4.69, 9.17) is 11.6 Å². The van der Waals surface area contributed by atoms with Crippen LogP contribution < -0.4 is 5.43 Å². The molecule has 0 amide bonds. The second-order valence-electron chi connectivity index (χ2n) is 4.64. The van der Waals surface area contributed by atoms with Crippen molar-refractivity contribution in [1.82, 2.24) is 4.57 Å². The maximum Gasteiger partial charge on any atom is 0.200 e. The van der Waals surface area contributed by atoms with Crippen LogP contribution in [0.5, 0.6) is 0 Å². The molecule has 2 aromatic rings. The number of hydrogen-bond donors (Lipinski definition) is 0. The zero-order valence-corrected chi connectivity index (χ0v) is 10.6. The number of benzene rings is 1. The Kier molecular flexibility index (Phi) is 2.86. The fraction of sp³-hybridized carbons (Fsp3) is 0.231. The number of aldehydes is 1. The minimum Gasteiger partial charge on any atom is -0.339 e. The molecular formula is C13H7ClF3NO2. The van der Waals surface area contributed by atoms with Gasteiger partial charge in [-0.05, 0) is 6.07 Å². The van der Waals surface area contributed by atoms with Crippen LogP contribution in [0.1, 0.15) is 22.8 Å². The molecule has 0 radical (unpaired) electrons. The van der Waals surface area contributed by atoms with Gasteiger partial charge in [0, 0.05) is 12.6 Å². The zero-order chi connectivity index (χ0) is 14.6. The second kappa shape index (κ2) is 4.34. The first-order chi connectivity index (χ1) is 9.45. The Labute approximate surface area is 115 Å². The Morgan fingerprint density at radius 1 is 1.40 bits per heavy atom. The molecule has 1 aliphatic carbocycles. The van der Waals surface area contributed by atoms with Gasteiger partial charge in [-0.2, -0.15) is 0 Å². The molecule has 7 heteroatoms. The standard InChI is InChI=1S/C13H7ClF3NO2/c14-10-11(17)8(16)1-6-12(10)18(9-2-7(9)15)3-5(4-19)13(6)20/h1,3-4,7,9H,2H2/t7-,9?/m0/s1. The van der Waals surface area contributed by atoms with Gasteiger partial charge in [-0.1, -0.05) is 11.6 Å². The minimum absolute atomic E-state index is 0.0914. The van der Waals surface area contributed by atoms with Crippen LogP contribution in [0.4, 0.5) is 13.2 Å². The van der Waals surface area contributed by atoms with Crippen molar-refractivity contribution in [1.29, 1.82) is 0 Å². The monoisotopic (exact) mass is 301 g/mol. The Bertz CT molecular complexity index is 803. The average Bonchev–Trinajstić information content (AvgIpc) is 3.14. The maximum atomic E-state index is 13.6. The predicted molar refractivity (Wildman–Crippen MR) is 67.1 cm³/mol. The van der Waals surface area contributed by atoms with Gasteiger partial charge in [0.05, 0.1) is 22.5 Å². The minimum atomic E-state index is -1.30. The molecule has 1 fully saturated rings. The van der Waals surface area contributed by atoms with Gasteiger partial charge in [-0.25, -0.2) is 13.2 Å². The summed E-state index contributed by atoms with van der Waals surface area (Å²) >= 11 is 5.74. The molecule has 0 spiro atoms. The van der Waals surface area contributed by atoms with Crippen molar-refractivity contribution in [3.63, 3.8) is 0 Å². The highest BCUT2D eigenvalue weighted by atomic mass is 35.5. The highest BCUT2D eigenvalue weighted by Gasteiger charge is 2.40. The lowest BCUT2D eigenvalue weighted by Crippen LogP contribution is -2.15. The lowest BCUT2D eigenvalue weighted by molar-refractivity contribution is 0.112. The molecule has 1 unspecified atom stereocenters. The van der Waals surface area contributed by atoms with Crippen LogP contribution in [0, 0.1) is 11.6 Å². The van der Waals surface area contributed by atoms with Gasteiger partial charge in [0.2, 0.25) is 0 Å². The van der Waals surface area contributed by atoms with Crippen molar-refractivity contribution in [3.05, 3.63) is 44.7 Å². The van der Waals surface area contributed by atoms with E-state index < -0.39 is 34.3 Å². The summed E-state index contributed by atoms with van der Waals surface area (Å²) in [5.74, 6) is -2.59. The summed E-state index contributed by atoms with van der Waals surface area (Å²) in [6.45, 7) is 0.